The summed E-state index contributed by atoms with van der Waals surface area (Å²) in [5, 5.41) is 4.04. The monoisotopic (exact) mass is 397 g/mol. The van der Waals surface area contributed by atoms with Crippen molar-refractivity contribution in [3.63, 3.8) is 0 Å². The first-order valence-electron chi connectivity index (χ1n) is 9.92. The molecule has 0 aliphatic carbocycles. The standard InChI is InChI=1S/C21H24FN5O2/c1-15-23-10-12-26(15)14-20(28)27-11-2-3-16(13-27)4-9-19-24-21(29-25-19)17-5-7-18(22)8-6-17/h5-8,10,12,16H,2-4,9,11,13-14H2,1H3. The molecule has 1 amide bonds. The number of piperidine rings is 1. The van der Waals surface area contributed by atoms with E-state index in [-0.39, 0.29) is 11.7 Å². The molecule has 1 atom stereocenters. The smallest absolute Gasteiger partial charge is 0.257 e. The Kier molecular flexibility index (Phi) is 5.69. The maximum atomic E-state index is 13.0. The Hall–Kier alpha value is -3.03. The maximum absolute atomic E-state index is 13.0. The number of carbonyl (C=O) groups is 1. The van der Waals surface area contributed by atoms with Gasteiger partial charge < -0.3 is 14.0 Å². The molecular formula is C21H24FN5O2. The molecule has 0 bridgehead atoms. The second kappa shape index (κ2) is 8.55. The van der Waals surface area contributed by atoms with E-state index in [1.54, 1.807) is 18.3 Å². The summed E-state index contributed by atoms with van der Waals surface area (Å²) in [4.78, 5) is 23.2. The van der Waals surface area contributed by atoms with Crippen LogP contribution in [0.1, 0.15) is 30.9 Å². The minimum atomic E-state index is -0.298. The number of aromatic nitrogens is 4. The SMILES string of the molecule is Cc1nccn1CC(=O)N1CCCC(CCc2noc(-c3ccc(F)cc3)n2)C1. The number of carbonyl (C=O) groups excluding carboxylic acids is 1. The quantitative estimate of drug-likeness (QED) is 0.638. The summed E-state index contributed by atoms with van der Waals surface area (Å²) in [7, 11) is 0. The first-order valence-corrected chi connectivity index (χ1v) is 9.92. The van der Waals surface area contributed by atoms with Gasteiger partial charge in [0.05, 0.1) is 0 Å². The predicted octanol–water partition coefficient (Wildman–Crippen LogP) is 3.25. The van der Waals surface area contributed by atoms with E-state index < -0.39 is 0 Å². The Morgan fingerprint density at radius 1 is 1.31 bits per heavy atom. The third kappa shape index (κ3) is 4.70. The van der Waals surface area contributed by atoms with Gasteiger partial charge in [0.15, 0.2) is 5.82 Å². The number of hydrogen-bond acceptors (Lipinski definition) is 5. The van der Waals surface area contributed by atoms with Crippen molar-refractivity contribution in [3.05, 3.63) is 54.1 Å². The highest BCUT2D eigenvalue weighted by atomic mass is 19.1. The van der Waals surface area contributed by atoms with Crippen molar-refractivity contribution in [2.75, 3.05) is 13.1 Å². The molecule has 1 unspecified atom stereocenters. The lowest BCUT2D eigenvalue weighted by Crippen LogP contribution is -2.41. The van der Waals surface area contributed by atoms with Crippen molar-refractivity contribution in [1.82, 2.24) is 24.6 Å². The van der Waals surface area contributed by atoms with E-state index in [9.17, 15) is 9.18 Å². The fourth-order valence-electron chi connectivity index (χ4n) is 3.74. The van der Waals surface area contributed by atoms with Crippen LogP contribution in [0.15, 0.2) is 41.2 Å². The summed E-state index contributed by atoms with van der Waals surface area (Å²) in [5.41, 5.74) is 0.703. The van der Waals surface area contributed by atoms with Gasteiger partial charge in [-0.2, -0.15) is 4.98 Å². The summed E-state index contributed by atoms with van der Waals surface area (Å²) in [5.74, 6) is 2.14. The van der Waals surface area contributed by atoms with E-state index in [0.29, 0.717) is 36.2 Å². The number of imidazole rings is 1. The fraction of sp³-hybridized carbons (Fsp3) is 0.429. The van der Waals surface area contributed by atoms with E-state index >= 15 is 0 Å². The molecule has 2 aromatic heterocycles. The van der Waals surface area contributed by atoms with E-state index in [2.05, 4.69) is 15.1 Å². The van der Waals surface area contributed by atoms with Gasteiger partial charge in [-0.3, -0.25) is 4.79 Å². The number of rotatable bonds is 6. The normalized spacial score (nSPS) is 16.9. The summed E-state index contributed by atoms with van der Waals surface area (Å²) in [6.45, 7) is 3.80. The Bertz CT molecular complexity index is 966. The average molecular weight is 397 g/mol. The van der Waals surface area contributed by atoms with Crippen molar-refractivity contribution in [2.24, 2.45) is 5.92 Å². The zero-order chi connectivity index (χ0) is 20.2. The number of likely N-dealkylation sites (tertiary alicyclic amines) is 1. The van der Waals surface area contributed by atoms with Crippen molar-refractivity contribution in [1.29, 1.82) is 0 Å². The zero-order valence-corrected chi connectivity index (χ0v) is 16.4. The Morgan fingerprint density at radius 2 is 2.14 bits per heavy atom. The molecular weight excluding hydrogens is 373 g/mol. The lowest BCUT2D eigenvalue weighted by molar-refractivity contribution is -0.133. The van der Waals surface area contributed by atoms with Crippen molar-refractivity contribution in [2.45, 2.75) is 39.2 Å². The van der Waals surface area contributed by atoms with Gasteiger partial charge >= 0.3 is 0 Å². The molecule has 8 heteroatoms. The van der Waals surface area contributed by atoms with Crippen LogP contribution in [0.2, 0.25) is 0 Å². The molecule has 1 aliphatic rings. The molecule has 0 saturated carbocycles. The Balaban J connectivity index is 1.30. The molecule has 1 saturated heterocycles. The van der Waals surface area contributed by atoms with E-state index in [1.165, 1.54) is 12.1 Å². The number of hydrogen-bond donors (Lipinski definition) is 0. The van der Waals surface area contributed by atoms with Crippen LogP contribution in [0.3, 0.4) is 0 Å². The molecule has 152 valence electrons. The summed E-state index contributed by atoms with van der Waals surface area (Å²) < 4.78 is 20.2. The van der Waals surface area contributed by atoms with Gasteiger partial charge in [-0.1, -0.05) is 5.16 Å². The van der Waals surface area contributed by atoms with Crippen LogP contribution in [0.4, 0.5) is 4.39 Å². The number of aryl methyl sites for hydroxylation is 2. The number of amides is 1. The molecule has 1 fully saturated rings. The van der Waals surface area contributed by atoms with E-state index in [1.807, 2.05) is 22.6 Å². The van der Waals surface area contributed by atoms with Crippen LogP contribution in [0.25, 0.3) is 11.5 Å². The topological polar surface area (TPSA) is 77.0 Å². The molecule has 3 heterocycles. The molecule has 1 aliphatic heterocycles. The largest absolute Gasteiger partial charge is 0.341 e. The number of nitrogens with zero attached hydrogens (tertiary/aromatic N) is 5. The molecule has 0 spiro atoms. The third-order valence-electron chi connectivity index (χ3n) is 5.44. The van der Waals surface area contributed by atoms with E-state index in [4.69, 9.17) is 4.52 Å². The van der Waals surface area contributed by atoms with Crippen LogP contribution in [0, 0.1) is 18.7 Å². The fourth-order valence-corrected chi connectivity index (χ4v) is 3.74. The summed E-state index contributed by atoms with van der Waals surface area (Å²) in [6.07, 6.45) is 7.24. The lowest BCUT2D eigenvalue weighted by atomic mass is 9.93. The van der Waals surface area contributed by atoms with Gasteiger partial charge in [0.2, 0.25) is 5.91 Å². The third-order valence-corrected chi connectivity index (χ3v) is 5.44. The molecule has 29 heavy (non-hydrogen) atoms. The molecule has 4 rings (SSSR count). The lowest BCUT2D eigenvalue weighted by Gasteiger charge is -2.33. The van der Waals surface area contributed by atoms with Gasteiger partial charge in [-0.25, -0.2) is 9.37 Å². The maximum Gasteiger partial charge on any atom is 0.257 e. The number of halogens is 1. The second-order valence-corrected chi connectivity index (χ2v) is 7.51. The van der Waals surface area contributed by atoms with Crippen LogP contribution < -0.4 is 0 Å². The molecule has 1 aromatic carbocycles. The van der Waals surface area contributed by atoms with Crippen molar-refractivity contribution < 1.29 is 13.7 Å². The molecule has 0 N–H and O–H groups in total. The first kappa shape index (κ1) is 19.3. The van der Waals surface area contributed by atoms with Gasteiger partial charge in [-0.15, -0.1) is 0 Å². The zero-order valence-electron chi connectivity index (χ0n) is 16.4. The van der Waals surface area contributed by atoms with Crippen LogP contribution in [-0.4, -0.2) is 43.6 Å². The van der Waals surface area contributed by atoms with E-state index in [0.717, 1.165) is 38.2 Å². The van der Waals surface area contributed by atoms with Crippen LogP contribution in [0.5, 0.6) is 0 Å². The minimum Gasteiger partial charge on any atom is -0.341 e. The average Bonchev–Trinajstić information content (AvgIpc) is 3.36. The first-order chi connectivity index (χ1) is 14.1. The highest BCUT2D eigenvalue weighted by molar-refractivity contribution is 5.76. The second-order valence-electron chi connectivity index (χ2n) is 7.51. The van der Waals surface area contributed by atoms with Gasteiger partial charge in [-0.05, 0) is 56.4 Å². The highest BCUT2D eigenvalue weighted by Gasteiger charge is 2.24. The van der Waals surface area contributed by atoms with Crippen LogP contribution >= 0.6 is 0 Å². The highest BCUT2D eigenvalue weighted by Crippen LogP contribution is 2.23. The minimum absolute atomic E-state index is 0.133. The van der Waals surface area contributed by atoms with Gasteiger partial charge in [0.1, 0.15) is 18.2 Å². The molecule has 7 nitrogen and oxygen atoms in total. The van der Waals surface area contributed by atoms with Gasteiger partial charge in [0.25, 0.3) is 5.89 Å². The van der Waals surface area contributed by atoms with Crippen LogP contribution in [-0.2, 0) is 17.8 Å². The Labute approximate surface area is 168 Å². The Morgan fingerprint density at radius 3 is 2.90 bits per heavy atom. The summed E-state index contributed by atoms with van der Waals surface area (Å²) in [6, 6.07) is 5.99. The molecule has 3 aromatic rings. The van der Waals surface area contributed by atoms with Gasteiger partial charge in [0, 0.05) is 37.5 Å². The summed E-state index contributed by atoms with van der Waals surface area (Å²) >= 11 is 0. The number of benzene rings is 1. The predicted molar refractivity (Wildman–Crippen MR) is 104 cm³/mol. The molecule has 0 radical (unpaired) electrons. The van der Waals surface area contributed by atoms with Crippen molar-refractivity contribution in [3.8, 4) is 11.5 Å². The van der Waals surface area contributed by atoms with Crippen molar-refractivity contribution >= 4 is 5.91 Å².